The van der Waals surface area contributed by atoms with Crippen molar-refractivity contribution in [2.24, 2.45) is 0 Å². The lowest BCUT2D eigenvalue weighted by Gasteiger charge is -2.35. The molecule has 0 heterocycles. The van der Waals surface area contributed by atoms with E-state index in [1.165, 1.54) is 17.0 Å². The van der Waals surface area contributed by atoms with Gasteiger partial charge in [0.15, 0.2) is 0 Å². The highest BCUT2D eigenvalue weighted by Gasteiger charge is 2.34. The Morgan fingerprint density at radius 2 is 1.57 bits per heavy atom. The first kappa shape index (κ1) is 31.9. The van der Waals surface area contributed by atoms with Gasteiger partial charge in [0, 0.05) is 23.0 Å². The minimum atomic E-state index is -3.96. The molecule has 3 aromatic rings. The van der Waals surface area contributed by atoms with Gasteiger partial charge in [-0.1, -0.05) is 87.7 Å². The Hall–Kier alpha value is -2.59. The Kier molecular flexibility index (Phi) is 10.7. The van der Waals surface area contributed by atoms with Crippen LogP contribution in [0.25, 0.3) is 0 Å². The molecule has 1 N–H and O–H groups in total. The van der Waals surface area contributed by atoms with Crippen molar-refractivity contribution in [1.29, 1.82) is 0 Å². The van der Waals surface area contributed by atoms with E-state index >= 15 is 0 Å². The first-order chi connectivity index (χ1) is 18.7. The standard InChI is InChI=1S/C29H32BrCl2N3O4S/c1-29(2,3)33-28(37)25(17-20-10-6-5-7-11-20)34(18-21-12-8-13-22(30)16-21)26(36)19-35(40(4,38)39)24-15-9-14-23(31)27(24)32/h5-16,25H,17-19H2,1-4H3,(H,33,37)/t25-/m1/s1. The third kappa shape index (κ3) is 8.96. The van der Waals surface area contributed by atoms with Crippen LogP contribution in [0.15, 0.2) is 77.3 Å². The lowest BCUT2D eigenvalue weighted by molar-refractivity contribution is -0.140. The lowest BCUT2D eigenvalue weighted by atomic mass is 10.0. The van der Waals surface area contributed by atoms with Crippen molar-refractivity contribution >= 4 is 66.7 Å². The fourth-order valence-electron chi connectivity index (χ4n) is 4.12. The van der Waals surface area contributed by atoms with Crippen LogP contribution in [-0.4, -0.2) is 49.5 Å². The van der Waals surface area contributed by atoms with E-state index in [0.29, 0.717) is 0 Å². The van der Waals surface area contributed by atoms with Crippen LogP contribution in [0.1, 0.15) is 31.9 Å². The zero-order valence-electron chi connectivity index (χ0n) is 22.7. The SMILES string of the molecule is CC(C)(C)NC(=O)[C@@H](Cc1ccccc1)N(Cc1cccc(Br)c1)C(=O)CN(c1cccc(Cl)c1Cl)S(C)(=O)=O. The Morgan fingerprint density at radius 1 is 0.950 bits per heavy atom. The summed E-state index contributed by atoms with van der Waals surface area (Å²) in [5, 5.41) is 3.15. The number of hydrogen-bond donors (Lipinski definition) is 1. The predicted molar refractivity (Wildman–Crippen MR) is 165 cm³/mol. The van der Waals surface area contributed by atoms with Gasteiger partial charge < -0.3 is 10.2 Å². The second-order valence-electron chi connectivity index (χ2n) is 10.4. The Bertz CT molecular complexity index is 1460. The van der Waals surface area contributed by atoms with Crippen molar-refractivity contribution in [2.75, 3.05) is 17.1 Å². The molecule has 0 aliphatic heterocycles. The second-order valence-corrected chi connectivity index (χ2v) is 14.0. The van der Waals surface area contributed by atoms with Gasteiger partial charge in [-0.2, -0.15) is 0 Å². The summed E-state index contributed by atoms with van der Waals surface area (Å²) in [6.07, 6.45) is 1.21. The molecule has 0 fully saturated rings. The van der Waals surface area contributed by atoms with Crippen LogP contribution in [0.5, 0.6) is 0 Å². The number of carbonyl (C=O) groups excluding carboxylic acids is 2. The van der Waals surface area contributed by atoms with Crippen molar-refractivity contribution in [3.8, 4) is 0 Å². The first-order valence-corrected chi connectivity index (χ1v) is 15.9. The van der Waals surface area contributed by atoms with Gasteiger partial charge in [0.25, 0.3) is 0 Å². The molecular weight excluding hydrogens is 637 g/mol. The molecule has 0 unspecified atom stereocenters. The fourth-order valence-corrected chi connectivity index (χ4v) is 5.87. The van der Waals surface area contributed by atoms with Crippen LogP contribution in [0.2, 0.25) is 10.0 Å². The summed E-state index contributed by atoms with van der Waals surface area (Å²) < 4.78 is 27.5. The van der Waals surface area contributed by atoms with E-state index in [4.69, 9.17) is 23.2 Å². The van der Waals surface area contributed by atoms with E-state index in [1.807, 2.05) is 75.4 Å². The predicted octanol–water partition coefficient (Wildman–Crippen LogP) is 6.08. The maximum Gasteiger partial charge on any atom is 0.244 e. The number of amides is 2. The number of nitrogens with zero attached hydrogens (tertiary/aromatic N) is 2. The third-order valence-corrected chi connectivity index (χ3v) is 8.32. The second kappa shape index (κ2) is 13.4. The minimum Gasteiger partial charge on any atom is -0.350 e. The normalized spacial score (nSPS) is 12.5. The smallest absolute Gasteiger partial charge is 0.244 e. The summed E-state index contributed by atoms with van der Waals surface area (Å²) in [5.41, 5.74) is 1.12. The van der Waals surface area contributed by atoms with E-state index in [0.717, 1.165) is 26.2 Å². The van der Waals surface area contributed by atoms with Crippen LogP contribution < -0.4 is 9.62 Å². The number of halogens is 3. The van der Waals surface area contributed by atoms with Crippen molar-refractivity contribution < 1.29 is 18.0 Å². The molecule has 40 heavy (non-hydrogen) atoms. The van der Waals surface area contributed by atoms with E-state index in [1.54, 1.807) is 6.07 Å². The zero-order chi connectivity index (χ0) is 29.7. The monoisotopic (exact) mass is 667 g/mol. The van der Waals surface area contributed by atoms with Crippen LogP contribution in [-0.2, 0) is 32.6 Å². The molecule has 0 radical (unpaired) electrons. The summed E-state index contributed by atoms with van der Waals surface area (Å²) in [6.45, 7) is 5.06. The van der Waals surface area contributed by atoms with Gasteiger partial charge in [0.1, 0.15) is 12.6 Å². The third-order valence-electron chi connectivity index (χ3n) is 5.89. The van der Waals surface area contributed by atoms with Crippen molar-refractivity contribution in [1.82, 2.24) is 10.2 Å². The van der Waals surface area contributed by atoms with E-state index in [2.05, 4.69) is 21.2 Å². The molecule has 0 spiro atoms. The molecule has 7 nitrogen and oxygen atoms in total. The highest BCUT2D eigenvalue weighted by atomic mass is 79.9. The van der Waals surface area contributed by atoms with Gasteiger partial charge in [-0.05, 0) is 56.2 Å². The van der Waals surface area contributed by atoms with Gasteiger partial charge in [-0.3, -0.25) is 13.9 Å². The summed E-state index contributed by atoms with van der Waals surface area (Å²) in [7, 11) is -3.96. The van der Waals surface area contributed by atoms with E-state index in [-0.39, 0.29) is 34.6 Å². The molecule has 2 amide bonds. The number of sulfonamides is 1. The highest BCUT2D eigenvalue weighted by Crippen LogP contribution is 2.34. The largest absolute Gasteiger partial charge is 0.350 e. The average Bonchev–Trinajstić information content (AvgIpc) is 2.85. The quantitative estimate of drug-likeness (QED) is 0.284. The number of hydrogen-bond acceptors (Lipinski definition) is 4. The molecule has 3 aromatic carbocycles. The Morgan fingerprint density at radius 3 is 2.17 bits per heavy atom. The van der Waals surface area contributed by atoms with Gasteiger partial charge in [-0.25, -0.2) is 8.42 Å². The molecule has 11 heteroatoms. The highest BCUT2D eigenvalue weighted by molar-refractivity contribution is 9.10. The number of rotatable bonds is 10. The first-order valence-electron chi connectivity index (χ1n) is 12.5. The molecule has 0 saturated heterocycles. The van der Waals surface area contributed by atoms with Crippen molar-refractivity contribution in [3.05, 3.63) is 98.4 Å². The summed E-state index contributed by atoms with van der Waals surface area (Å²) in [4.78, 5) is 29.3. The zero-order valence-corrected chi connectivity index (χ0v) is 26.6. The van der Waals surface area contributed by atoms with E-state index < -0.39 is 34.1 Å². The lowest BCUT2D eigenvalue weighted by Crippen LogP contribution is -2.56. The number of nitrogens with one attached hydrogen (secondary N) is 1. The summed E-state index contributed by atoms with van der Waals surface area (Å²) in [6, 6.07) is 20.4. The maximum absolute atomic E-state index is 14.1. The molecule has 1 atom stereocenters. The van der Waals surface area contributed by atoms with Gasteiger partial charge in [-0.15, -0.1) is 0 Å². The summed E-state index contributed by atoms with van der Waals surface area (Å²) in [5.74, 6) is -0.933. The number of carbonyl (C=O) groups is 2. The fraction of sp³-hybridized carbons (Fsp3) is 0.310. The van der Waals surface area contributed by atoms with Crippen molar-refractivity contribution in [2.45, 2.75) is 45.3 Å². The van der Waals surface area contributed by atoms with Crippen LogP contribution in [0.4, 0.5) is 5.69 Å². The molecule has 0 aliphatic rings. The Balaban J connectivity index is 2.10. The molecular formula is C29H32BrCl2N3O4S. The van der Waals surface area contributed by atoms with Crippen molar-refractivity contribution in [3.63, 3.8) is 0 Å². The molecule has 0 aliphatic carbocycles. The molecule has 0 aromatic heterocycles. The number of benzene rings is 3. The van der Waals surface area contributed by atoms with Gasteiger partial charge in [0.2, 0.25) is 21.8 Å². The molecule has 3 rings (SSSR count). The molecule has 0 saturated carbocycles. The molecule has 214 valence electrons. The Labute approximate surface area is 254 Å². The average molecular weight is 669 g/mol. The van der Waals surface area contributed by atoms with Crippen LogP contribution >= 0.6 is 39.1 Å². The summed E-state index contributed by atoms with van der Waals surface area (Å²) >= 11 is 16.0. The van der Waals surface area contributed by atoms with Crippen LogP contribution in [0.3, 0.4) is 0 Å². The van der Waals surface area contributed by atoms with E-state index in [9.17, 15) is 18.0 Å². The van der Waals surface area contributed by atoms with Crippen LogP contribution in [0, 0.1) is 0 Å². The number of anilines is 1. The maximum atomic E-state index is 14.1. The minimum absolute atomic E-state index is 0.00671. The van der Waals surface area contributed by atoms with Gasteiger partial charge in [0.05, 0.1) is 22.0 Å². The van der Waals surface area contributed by atoms with Gasteiger partial charge >= 0.3 is 0 Å². The topological polar surface area (TPSA) is 86.8 Å². The molecule has 0 bridgehead atoms.